The second kappa shape index (κ2) is 2.76. The Kier molecular flexibility index (Phi) is 1.98. The first kappa shape index (κ1) is 7.17. The van der Waals surface area contributed by atoms with Crippen LogP contribution in [0.3, 0.4) is 0 Å². The summed E-state index contributed by atoms with van der Waals surface area (Å²) in [6.07, 6.45) is 0. The first-order valence-electron chi connectivity index (χ1n) is 2.94. The van der Waals surface area contributed by atoms with Crippen LogP contribution < -0.4 is 0 Å². The number of hydrogen-bond acceptors (Lipinski definition) is 2. The first-order chi connectivity index (χ1) is 4.74. The van der Waals surface area contributed by atoms with E-state index in [9.17, 15) is 0 Å². The molecule has 0 bridgehead atoms. The zero-order valence-electron chi connectivity index (χ0n) is 5.63. The van der Waals surface area contributed by atoms with Crippen LogP contribution in [0.15, 0.2) is 23.1 Å². The maximum absolute atomic E-state index is 8.48. The van der Waals surface area contributed by atoms with Crippen molar-refractivity contribution in [1.82, 2.24) is 0 Å². The zero-order valence-corrected chi connectivity index (χ0v) is 6.52. The van der Waals surface area contributed by atoms with Crippen molar-refractivity contribution in [3.8, 4) is 6.07 Å². The van der Waals surface area contributed by atoms with Crippen molar-refractivity contribution >= 4 is 12.6 Å². The monoisotopic (exact) mass is 149 g/mol. The molecule has 0 amide bonds. The Hall–Kier alpha value is -0.940. The van der Waals surface area contributed by atoms with Crippen LogP contribution in [0.25, 0.3) is 0 Å². The van der Waals surface area contributed by atoms with Crippen molar-refractivity contribution in [2.45, 2.75) is 11.8 Å². The summed E-state index contributed by atoms with van der Waals surface area (Å²) in [7, 11) is 0. The molecule has 0 aliphatic heterocycles. The molecule has 0 aliphatic rings. The molecule has 2 heteroatoms. The van der Waals surface area contributed by atoms with Crippen molar-refractivity contribution in [2.24, 2.45) is 0 Å². The van der Waals surface area contributed by atoms with E-state index in [1.165, 1.54) is 0 Å². The number of nitriles is 1. The third-order valence-electron chi connectivity index (χ3n) is 1.33. The molecule has 1 aromatic carbocycles. The lowest BCUT2D eigenvalue weighted by Crippen LogP contribution is -1.78. The van der Waals surface area contributed by atoms with Gasteiger partial charge >= 0.3 is 0 Å². The topological polar surface area (TPSA) is 23.8 Å². The molecule has 1 rings (SSSR count). The van der Waals surface area contributed by atoms with Gasteiger partial charge < -0.3 is 0 Å². The molecule has 0 aromatic heterocycles. The van der Waals surface area contributed by atoms with Crippen molar-refractivity contribution < 1.29 is 0 Å². The minimum Gasteiger partial charge on any atom is -0.192 e. The summed E-state index contributed by atoms with van der Waals surface area (Å²) >= 11 is 4.17. The number of rotatable bonds is 0. The summed E-state index contributed by atoms with van der Waals surface area (Å²) in [5.41, 5.74) is 1.73. The Morgan fingerprint density at radius 3 is 2.70 bits per heavy atom. The van der Waals surface area contributed by atoms with Gasteiger partial charge in [0.25, 0.3) is 0 Å². The van der Waals surface area contributed by atoms with E-state index in [2.05, 4.69) is 18.7 Å². The number of aryl methyl sites for hydroxylation is 1. The van der Waals surface area contributed by atoms with E-state index in [1.54, 1.807) is 6.07 Å². The van der Waals surface area contributed by atoms with E-state index < -0.39 is 0 Å². The molecule has 0 N–H and O–H groups in total. The third-order valence-corrected chi connectivity index (χ3v) is 1.83. The molecular formula is C8H7NS. The van der Waals surface area contributed by atoms with Gasteiger partial charge in [-0.3, -0.25) is 0 Å². The van der Waals surface area contributed by atoms with Crippen molar-refractivity contribution in [3.63, 3.8) is 0 Å². The molecule has 0 saturated heterocycles. The van der Waals surface area contributed by atoms with E-state index >= 15 is 0 Å². The smallest absolute Gasteiger partial charge is 0.0991 e. The van der Waals surface area contributed by atoms with E-state index in [1.807, 2.05) is 19.1 Å². The second-order valence-corrected chi connectivity index (χ2v) is 2.59. The minimum absolute atomic E-state index is 0.690. The second-order valence-electron chi connectivity index (χ2n) is 2.11. The van der Waals surface area contributed by atoms with Gasteiger partial charge in [-0.15, -0.1) is 12.6 Å². The zero-order chi connectivity index (χ0) is 7.56. The fraction of sp³-hybridized carbons (Fsp3) is 0.125. The Bertz CT molecular complexity index is 286. The quantitative estimate of drug-likeness (QED) is 0.561. The van der Waals surface area contributed by atoms with Gasteiger partial charge in [0.15, 0.2) is 0 Å². The van der Waals surface area contributed by atoms with Crippen molar-refractivity contribution in [3.05, 3.63) is 29.3 Å². The molecule has 0 spiro atoms. The van der Waals surface area contributed by atoms with E-state index in [4.69, 9.17) is 5.26 Å². The molecule has 50 valence electrons. The molecule has 0 heterocycles. The number of nitrogens with zero attached hydrogens (tertiary/aromatic N) is 1. The lowest BCUT2D eigenvalue weighted by atomic mass is 10.2. The SMILES string of the molecule is Cc1cc(C#N)ccc1S. The fourth-order valence-electron chi connectivity index (χ4n) is 0.725. The van der Waals surface area contributed by atoms with Crippen LogP contribution in [0.1, 0.15) is 11.1 Å². The predicted octanol–water partition coefficient (Wildman–Crippen LogP) is 2.16. The maximum Gasteiger partial charge on any atom is 0.0991 e. The summed E-state index contributed by atoms with van der Waals surface area (Å²) in [6.45, 7) is 1.93. The van der Waals surface area contributed by atoms with Gasteiger partial charge in [-0.25, -0.2) is 0 Å². The highest BCUT2D eigenvalue weighted by Crippen LogP contribution is 2.13. The highest BCUT2D eigenvalue weighted by Gasteiger charge is 1.93. The molecule has 0 saturated carbocycles. The summed E-state index contributed by atoms with van der Waals surface area (Å²) in [6, 6.07) is 7.47. The maximum atomic E-state index is 8.48. The van der Waals surface area contributed by atoms with Gasteiger partial charge in [0.1, 0.15) is 0 Å². The fourth-order valence-corrected chi connectivity index (χ4v) is 0.864. The molecule has 1 nitrogen and oxygen atoms in total. The average Bonchev–Trinajstić information content (AvgIpc) is 1.95. The Labute approximate surface area is 65.7 Å². The molecule has 0 atom stereocenters. The average molecular weight is 149 g/mol. The molecule has 0 radical (unpaired) electrons. The molecule has 10 heavy (non-hydrogen) atoms. The van der Waals surface area contributed by atoms with Crippen LogP contribution in [0, 0.1) is 18.3 Å². The molecule has 0 aliphatic carbocycles. The molecule has 1 aromatic rings. The van der Waals surface area contributed by atoms with Gasteiger partial charge in [-0.05, 0) is 30.7 Å². The lowest BCUT2D eigenvalue weighted by Gasteiger charge is -1.96. The lowest BCUT2D eigenvalue weighted by molar-refractivity contribution is 1.29. The van der Waals surface area contributed by atoms with Crippen LogP contribution in [0.2, 0.25) is 0 Å². The normalized spacial score (nSPS) is 8.90. The van der Waals surface area contributed by atoms with Gasteiger partial charge in [-0.2, -0.15) is 5.26 Å². The van der Waals surface area contributed by atoms with Crippen LogP contribution in [-0.4, -0.2) is 0 Å². The standard InChI is InChI=1S/C8H7NS/c1-6-4-7(5-9)2-3-8(6)10/h2-4,10H,1H3. The van der Waals surface area contributed by atoms with Crippen molar-refractivity contribution in [2.75, 3.05) is 0 Å². The molecule has 0 fully saturated rings. The van der Waals surface area contributed by atoms with E-state index in [-0.39, 0.29) is 0 Å². The summed E-state index contributed by atoms with van der Waals surface area (Å²) in [4.78, 5) is 0.930. The minimum atomic E-state index is 0.690. The number of hydrogen-bond donors (Lipinski definition) is 1. The third kappa shape index (κ3) is 1.31. The summed E-state index contributed by atoms with van der Waals surface area (Å²) < 4.78 is 0. The Morgan fingerprint density at radius 2 is 2.20 bits per heavy atom. The number of thiol groups is 1. The molecular weight excluding hydrogens is 142 g/mol. The Morgan fingerprint density at radius 1 is 1.50 bits per heavy atom. The largest absolute Gasteiger partial charge is 0.192 e. The van der Waals surface area contributed by atoms with Crippen LogP contribution in [0.5, 0.6) is 0 Å². The van der Waals surface area contributed by atoms with Crippen molar-refractivity contribution in [1.29, 1.82) is 5.26 Å². The highest BCUT2D eigenvalue weighted by molar-refractivity contribution is 7.80. The summed E-state index contributed by atoms with van der Waals surface area (Å²) in [5, 5.41) is 8.48. The summed E-state index contributed by atoms with van der Waals surface area (Å²) in [5.74, 6) is 0. The van der Waals surface area contributed by atoms with E-state index in [0.717, 1.165) is 10.5 Å². The first-order valence-corrected chi connectivity index (χ1v) is 3.38. The van der Waals surface area contributed by atoms with Gasteiger partial charge in [0.05, 0.1) is 11.6 Å². The van der Waals surface area contributed by atoms with Crippen LogP contribution >= 0.6 is 12.6 Å². The Balaban J connectivity index is 3.20. The van der Waals surface area contributed by atoms with E-state index in [0.29, 0.717) is 5.56 Å². The molecule has 0 unspecified atom stereocenters. The van der Waals surface area contributed by atoms with Gasteiger partial charge in [-0.1, -0.05) is 0 Å². The van der Waals surface area contributed by atoms with Gasteiger partial charge in [0.2, 0.25) is 0 Å². The van der Waals surface area contributed by atoms with Crippen LogP contribution in [0.4, 0.5) is 0 Å². The predicted molar refractivity (Wildman–Crippen MR) is 43.1 cm³/mol. The van der Waals surface area contributed by atoms with Crippen LogP contribution in [-0.2, 0) is 0 Å². The number of benzene rings is 1. The highest BCUT2D eigenvalue weighted by atomic mass is 32.1. The van der Waals surface area contributed by atoms with Gasteiger partial charge in [0, 0.05) is 4.90 Å².